The molecule has 8 heteroatoms. The fourth-order valence-electron chi connectivity index (χ4n) is 3.66. The summed E-state index contributed by atoms with van der Waals surface area (Å²) in [6, 6.07) is 11.2. The van der Waals surface area contributed by atoms with Crippen molar-refractivity contribution >= 4 is 45.9 Å². The summed E-state index contributed by atoms with van der Waals surface area (Å²) in [5, 5.41) is 4.56. The van der Waals surface area contributed by atoms with Gasteiger partial charge in [-0.15, -0.1) is 0 Å². The van der Waals surface area contributed by atoms with Gasteiger partial charge in [0, 0.05) is 17.8 Å². The maximum Gasteiger partial charge on any atom is 0.262 e. The van der Waals surface area contributed by atoms with E-state index in [1.54, 1.807) is 29.9 Å². The first kappa shape index (κ1) is 25.3. The van der Waals surface area contributed by atoms with Crippen LogP contribution in [0.3, 0.4) is 0 Å². The molecule has 0 atom stereocenters. The highest BCUT2D eigenvalue weighted by Crippen LogP contribution is 2.32. The van der Waals surface area contributed by atoms with Crippen LogP contribution < -0.4 is 10.9 Å². The lowest BCUT2D eigenvalue weighted by Gasteiger charge is -2.20. The zero-order valence-corrected chi connectivity index (χ0v) is 21.2. The summed E-state index contributed by atoms with van der Waals surface area (Å²) in [6.07, 6.45) is 0. The summed E-state index contributed by atoms with van der Waals surface area (Å²) in [7, 11) is 1.58. The molecule has 1 heterocycles. The standard InChI is InChI=1S/C25H30ClN3O3S/c1-15(2)18-7-6-8-19(16(3)4)23(18)28-22(30)14-33-25-27-21-13-17(26)9-10-20(21)24(31)29(25)11-12-32-5/h6-10,13,15-16H,11-12,14H2,1-5H3,(H,28,30). The molecular weight excluding hydrogens is 458 g/mol. The Balaban J connectivity index is 1.89. The summed E-state index contributed by atoms with van der Waals surface area (Å²) < 4.78 is 6.72. The molecule has 0 unspecified atom stereocenters. The summed E-state index contributed by atoms with van der Waals surface area (Å²) in [6.45, 7) is 9.16. The average Bonchev–Trinajstić information content (AvgIpc) is 2.76. The lowest BCUT2D eigenvalue weighted by molar-refractivity contribution is -0.113. The van der Waals surface area contributed by atoms with E-state index in [1.807, 2.05) is 6.07 Å². The number of aromatic nitrogens is 2. The lowest BCUT2D eigenvalue weighted by Crippen LogP contribution is -2.26. The summed E-state index contributed by atoms with van der Waals surface area (Å²) in [5.41, 5.74) is 3.42. The van der Waals surface area contributed by atoms with Crippen molar-refractivity contribution < 1.29 is 9.53 Å². The molecule has 33 heavy (non-hydrogen) atoms. The number of benzene rings is 2. The van der Waals surface area contributed by atoms with Crippen LogP contribution in [-0.4, -0.2) is 34.9 Å². The van der Waals surface area contributed by atoms with E-state index in [0.717, 1.165) is 16.8 Å². The number of amides is 1. The number of rotatable bonds is 9. The van der Waals surface area contributed by atoms with E-state index >= 15 is 0 Å². The lowest BCUT2D eigenvalue weighted by atomic mass is 9.92. The normalized spacial score (nSPS) is 11.5. The Kier molecular flexibility index (Phi) is 8.57. The minimum atomic E-state index is -0.177. The van der Waals surface area contributed by atoms with Crippen LogP contribution in [0.25, 0.3) is 10.9 Å². The van der Waals surface area contributed by atoms with Crippen molar-refractivity contribution in [1.82, 2.24) is 9.55 Å². The number of hydrogen-bond acceptors (Lipinski definition) is 5. The maximum atomic E-state index is 13.1. The van der Waals surface area contributed by atoms with E-state index in [4.69, 9.17) is 16.3 Å². The minimum Gasteiger partial charge on any atom is -0.383 e. The van der Waals surface area contributed by atoms with Gasteiger partial charge in [0.25, 0.3) is 5.56 Å². The number of halogens is 1. The number of anilines is 1. The highest BCUT2D eigenvalue weighted by Gasteiger charge is 2.18. The summed E-state index contributed by atoms with van der Waals surface area (Å²) in [5.74, 6) is 0.527. The third-order valence-electron chi connectivity index (χ3n) is 5.37. The van der Waals surface area contributed by atoms with Gasteiger partial charge in [-0.1, -0.05) is 69.3 Å². The van der Waals surface area contributed by atoms with Gasteiger partial charge in [-0.25, -0.2) is 4.98 Å². The van der Waals surface area contributed by atoms with Crippen molar-refractivity contribution in [2.75, 3.05) is 24.8 Å². The van der Waals surface area contributed by atoms with Gasteiger partial charge >= 0.3 is 0 Å². The molecule has 0 aliphatic rings. The fraction of sp³-hybridized carbons (Fsp3) is 0.400. The van der Waals surface area contributed by atoms with Gasteiger partial charge in [-0.3, -0.25) is 14.2 Å². The SMILES string of the molecule is COCCn1c(SCC(=O)Nc2c(C(C)C)cccc2C(C)C)nc2cc(Cl)ccc2c1=O. The third-order valence-corrected chi connectivity index (χ3v) is 6.58. The van der Waals surface area contributed by atoms with Crippen LogP contribution in [0.4, 0.5) is 5.69 Å². The Morgan fingerprint density at radius 1 is 1.15 bits per heavy atom. The number of nitrogens with one attached hydrogen (secondary N) is 1. The Morgan fingerprint density at radius 2 is 1.82 bits per heavy atom. The van der Waals surface area contributed by atoms with Crippen LogP contribution in [0.1, 0.15) is 50.7 Å². The zero-order valence-electron chi connectivity index (χ0n) is 19.6. The zero-order chi connectivity index (χ0) is 24.1. The first-order chi connectivity index (χ1) is 15.7. The van der Waals surface area contributed by atoms with Crippen molar-refractivity contribution in [3.05, 3.63) is 62.9 Å². The third kappa shape index (κ3) is 5.96. The molecule has 3 rings (SSSR count). The number of carbonyl (C=O) groups is 1. The maximum absolute atomic E-state index is 13.1. The van der Waals surface area contributed by atoms with Crippen molar-refractivity contribution in [1.29, 1.82) is 0 Å². The van der Waals surface area contributed by atoms with Crippen LogP contribution in [-0.2, 0) is 16.1 Å². The van der Waals surface area contributed by atoms with E-state index in [9.17, 15) is 9.59 Å². The van der Waals surface area contributed by atoms with Gasteiger partial charge in [0.05, 0.1) is 29.8 Å². The fourth-order valence-corrected chi connectivity index (χ4v) is 4.66. The Morgan fingerprint density at radius 3 is 2.42 bits per heavy atom. The van der Waals surface area contributed by atoms with Crippen molar-refractivity contribution in [2.24, 2.45) is 0 Å². The average molecular weight is 488 g/mol. The van der Waals surface area contributed by atoms with Crippen LogP contribution in [0.2, 0.25) is 5.02 Å². The largest absolute Gasteiger partial charge is 0.383 e. The minimum absolute atomic E-state index is 0.120. The van der Waals surface area contributed by atoms with Crippen molar-refractivity contribution in [3.8, 4) is 0 Å². The highest BCUT2D eigenvalue weighted by atomic mass is 35.5. The summed E-state index contributed by atoms with van der Waals surface area (Å²) in [4.78, 5) is 30.6. The Hall–Kier alpha value is -2.35. The molecule has 6 nitrogen and oxygen atoms in total. The molecule has 0 spiro atoms. The monoisotopic (exact) mass is 487 g/mol. The topological polar surface area (TPSA) is 73.2 Å². The van der Waals surface area contributed by atoms with Crippen LogP contribution in [0.15, 0.2) is 46.3 Å². The van der Waals surface area contributed by atoms with Gasteiger partial charge in [0.2, 0.25) is 5.91 Å². The van der Waals surface area contributed by atoms with Gasteiger partial charge in [-0.2, -0.15) is 0 Å². The van der Waals surface area contributed by atoms with Crippen LogP contribution >= 0.6 is 23.4 Å². The number of thioether (sulfide) groups is 1. The number of nitrogens with zero attached hydrogens (tertiary/aromatic N) is 2. The van der Waals surface area contributed by atoms with Crippen LogP contribution in [0.5, 0.6) is 0 Å². The van der Waals surface area contributed by atoms with Gasteiger partial charge in [0.15, 0.2) is 5.16 Å². The summed E-state index contributed by atoms with van der Waals surface area (Å²) >= 11 is 7.33. The number of para-hydroxylation sites is 1. The number of methoxy groups -OCH3 is 1. The molecule has 1 amide bonds. The van der Waals surface area contributed by atoms with Crippen molar-refractivity contribution in [2.45, 2.75) is 51.2 Å². The molecule has 0 saturated heterocycles. The number of carbonyl (C=O) groups excluding carboxylic acids is 1. The van der Waals surface area contributed by atoms with E-state index in [0.29, 0.717) is 34.2 Å². The molecule has 0 radical (unpaired) electrons. The molecule has 0 fully saturated rings. The molecule has 3 aromatic rings. The van der Waals surface area contributed by atoms with Gasteiger partial charge in [-0.05, 0) is 41.2 Å². The number of hydrogen-bond donors (Lipinski definition) is 1. The molecule has 0 aliphatic heterocycles. The second-order valence-corrected chi connectivity index (χ2v) is 9.84. The van der Waals surface area contributed by atoms with E-state index in [2.05, 4.69) is 50.1 Å². The van der Waals surface area contributed by atoms with Gasteiger partial charge in [0.1, 0.15) is 0 Å². The van der Waals surface area contributed by atoms with Crippen molar-refractivity contribution in [3.63, 3.8) is 0 Å². The molecule has 176 valence electrons. The van der Waals surface area contributed by atoms with E-state index in [-0.39, 0.29) is 29.1 Å². The molecule has 0 bridgehead atoms. The number of fused-ring (bicyclic) bond motifs is 1. The second-order valence-electron chi connectivity index (χ2n) is 8.46. The van der Waals surface area contributed by atoms with Crippen LogP contribution in [0, 0.1) is 0 Å². The quantitative estimate of drug-likeness (QED) is 0.311. The Bertz CT molecular complexity index is 1180. The number of ether oxygens (including phenoxy) is 1. The molecule has 2 aromatic carbocycles. The Labute approximate surface area is 203 Å². The van der Waals surface area contributed by atoms with E-state index < -0.39 is 0 Å². The predicted octanol–water partition coefficient (Wildman–Crippen LogP) is 5.67. The molecule has 0 saturated carbocycles. The molecule has 1 aromatic heterocycles. The molecule has 0 aliphatic carbocycles. The predicted molar refractivity (Wildman–Crippen MR) is 137 cm³/mol. The van der Waals surface area contributed by atoms with E-state index in [1.165, 1.54) is 11.8 Å². The second kappa shape index (κ2) is 11.2. The smallest absolute Gasteiger partial charge is 0.262 e. The first-order valence-corrected chi connectivity index (χ1v) is 12.3. The molecule has 1 N–H and O–H groups in total. The highest BCUT2D eigenvalue weighted by molar-refractivity contribution is 7.99. The van der Waals surface area contributed by atoms with Gasteiger partial charge < -0.3 is 10.1 Å². The first-order valence-electron chi connectivity index (χ1n) is 11.0. The molecular formula is C25H30ClN3O3S.